The van der Waals surface area contributed by atoms with Gasteiger partial charge in [-0.05, 0) is 12.1 Å². The van der Waals surface area contributed by atoms with Gasteiger partial charge in [-0.2, -0.15) is 0 Å². The Hall–Kier alpha value is -1.35. The fourth-order valence-electron chi connectivity index (χ4n) is 1.22. The van der Waals surface area contributed by atoms with Gasteiger partial charge < -0.3 is 9.84 Å². The zero-order valence-electron chi connectivity index (χ0n) is 8.36. The van der Waals surface area contributed by atoms with Gasteiger partial charge in [0.05, 0.1) is 5.56 Å². The van der Waals surface area contributed by atoms with E-state index in [2.05, 4.69) is 0 Å². The van der Waals surface area contributed by atoms with E-state index in [4.69, 9.17) is 9.84 Å². The number of para-hydroxylation sites is 1. The molecule has 1 atom stereocenters. The maximum Gasteiger partial charge on any atom is 0.198 e. The van der Waals surface area contributed by atoms with Crippen LogP contribution in [0.1, 0.15) is 24.2 Å². The van der Waals surface area contributed by atoms with Crippen LogP contribution in [0.2, 0.25) is 0 Å². The van der Waals surface area contributed by atoms with Crippen LogP contribution in [-0.4, -0.2) is 23.6 Å². The minimum Gasteiger partial charge on any atom is -0.490 e. The molecule has 0 fully saturated rings. The van der Waals surface area contributed by atoms with Gasteiger partial charge in [0.25, 0.3) is 0 Å². The molecule has 0 saturated carbocycles. The average molecular weight is 194 g/mol. The molecule has 2 rings (SSSR count). The first-order chi connectivity index (χ1) is 6.79. The summed E-state index contributed by atoms with van der Waals surface area (Å²) in [5, 5.41) is 9.15. The van der Waals surface area contributed by atoms with Crippen LogP contribution < -0.4 is 4.74 Å². The molecular weight excluding hydrogens is 180 g/mol. The number of fused-ring (bicyclic) bond motifs is 1. The number of ketones is 1. The van der Waals surface area contributed by atoms with E-state index >= 15 is 0 Å². The Morgan fingerprint density at radius 1 is 1.36 bits per heavy atom. The third-order valence-electron chi connectivity index (χ3n) is 1.85. The Bertz CT molecular complexity index is 320. The molecule has 1 aliphatic heterocycles. The van der Waals surface area contributed by atoms with E-state index in [1.54, 1.807) is 24.3 Å². The van der Waals surface area contributed by atoms with Gasteiger partial charge in [-0.1, -0.05) is 26.0 Å². The van der Waals surface area contributed by atoms with Crippen molar-refractivity contribution in [2.75, 3.05) is 6.61 Å². The molecule has 0 aliphatic carbocycles. The van der Waals surface area contributed by atoms with Crippen molar-refractivity contribution in [3.63, 3.8) is 0 Å². The number of hydrogen-bond donors (Lipinski definition) is 1. The van der Waals surface area contributed by atoms with Crippen LogP contribution in [0, 0.1) is 0 Å². The third-order valence-corrected chi connectivity index (χ3v) is 1.85. The van der Waals surface area contributed by atoms with E-state index in [0.717, 1.165) is 0 Å². The fourth-order valence-corrected chi connectivity index (χ4v) is 1.22. The molecule has 76 valence electrons. The number of benzene rings is 1. The highest BCUT2D eigenvalue weighted by atomic mass is 16.5. The second-order valence-corrected chi connectivity index (χ2v) is 2.69. The van der Waals surface area contributed by atoms with Gasteiger partial charge in [-0.3, -0.25) is 4.79 Å². The number of hydrogen-bond acceptors (Lipinski definition) is 3. The lowest BCUT2D eigenvalue weighted by molar-refractivity contribution is 0.0558. The summed E-state index contributed by atoms with van der Waals surface area (Å²) in [5.41, 5.74) is 0.469. The molecule has 3 nitrogen and oxygen atoms in total. The number of Topliss-reactive ketones (excluding diaryl/α,β-unsaturated/α-hetero) is 1. The zero-order chi connectivity index (χ0) is 10.6. The summed E-state index contributed by atoms with van der Waals surface area (Å²) in [6.07, 6.45) is -1.00. The highest BCUT2D eigenvalue weighted by Crippen LogP contribution is 2.23. The number of aliphatic hydroxyl groups is 1. The second-order valence-electron chi connectivity index (χ2n) is 2.69. The van der Waals surface area contributed by atoms with Crippen molar-refractivity contribution >= 4 is 5.78 Å². The molecule has 14 heavy (non-hydrogen) atoms. The molecule has 1 aliphatic rings. The first-order valence-corrected chi connectivity index (χ1v) is 4.73. The van der Waals surface area contributed by atoms with E-state index in [-0.39, 0.29) is 12.4 Å². The summed E-state index contributed by atoms with van der Waals surface area (Å²) >= 11 is 0. The monoisotopic (exact) mass is 194 g/mol. The summed E-state index contributed by atoms with van der Waals surface area (Å²) in [7, 11) is 0. The van der Waals surface area contributed by atoms with Crippen molar-refractivity contribution in [2.24, 2.45) is 0 Å². The summed E-state index contributed by atoms with van der Waals surface area (Å²) < 4.78 is 5.14. The number of ether oxygens (including phenoxy) is 1. The van der Waals surface area contributed by atoms with Gasteiger partial charge in [0.2, 0.25) is 0 Å². The summed E-state index contributed by atoms with van der Waals surface area (Å²) in [5.74, 6) is 0.310. The third kappa shape index (κ3) is 1.93. The molecule has 1 heterocycles. The summed E-state index contributed by atoms with van der Waals surface area (Å²) in [6, 6.07) is 6.92. The van der Waals surface area contributed by atoms with Gasteiger partial charge in [0.15, 0.2) is 11.9 Å². The smallest absolute Gasteiger partial charge is 0.198 e. The van der Waals surface area contributed by atoms with Crippen molar-refractivity contribution in [2.45, 2.75) is 20.0 Å². The van der Waals surface area contributed by atoms with Crippen molar-refractivity contribution in [1.82, 2.24) is 0 Å². The standard InChI is InChI=1S/C9H8O3.C2H6/c10-7-5-12-8-4-2-1-3-6(8)9(7)11;1-2/h1-4,7,10H,5H2;1-2H3. The summed E-state index contributed by atoms with van der Waals surface area (Å²) in [4.78, 5) is 11.3. The Labute approximate surface area is 83.3 Å². The van der Waals surface area contributed by atoms with Gasteiger partial charge in [-0.15, -0.1) is 0 Å². The van der Waals surface area contributed by atoms with E-state index in [9.17, 15) is 4.79 Å². The fraction of sp³-hybridized carbons (Fsp3) is 0.364. The summed E-state index contributed by atoms with van der Waals surface area (Å²) in [6.45, 7) is 4.07. The molecule has 0 amide bonds. The molecule has 0 spiro atoms. The normalized spacial score (nSPS) is 18.8. The molecule has 3 heteroatoms. The first-order valence-electron chi connectivity index (χ1n) is 4.73. The van der Waals surface area contributed by atoms with Crippen molar-refractivity contribution in [3.05, 3.63) is 29.8 Å². The predicted molar refractivity (Wildman–Crippen MR) is 53.6 cm³/mol. The van der Waals surface area contributed by atoms with Crippen molar-refractivity contribution < 1.29 is 14.6 Å². The van der Waals surface area contributed by atoms with E-state index in [1.165, 1.54) is 0 Å². The minimum absolute atomic E-state index is 0.0653. The minimum atomic E-state index is -1.00. The molecule has 0 radical (unpaired) electrons. The van der Waals surface area contributed by atoms with Crippen LogP contribution in [-0.2, 0) is 0 Å². The van der Waals surface area contributed by atoms with Crippen LogP contribution in [0.4, 0.5) is 0 Å². The van der Waals surface area contributed by atoms with E-state index < -0.39 is 6.10 Å². The maximum absolute atomic E-state index is 11.3. The number of aliphatic hydroxyl groups excluding tert-OH is 1. The van der Waals surface area contributed by atoms with Crippen molar-refractivity contribution in [3.8, 4) is 5.75 Å². The molecule has 1 aromatic rings. The number of carbonyl (C=O) groups is 1. The Balaban J connectivity index is 0.000000461. The topological polar surface area (TPSA) is 46.5 Å². The quantitative estimate of drug-likeness (QED) is 0.683. The molecule has 1 N–H and O–H groups in total. The predicted octanol–water partition coefficient (Wildman–Crippen LogP) is 1.65. The largest absolute Gasteiger partial charge is 0.490 e. The van der Waals surface area contributed by atoms with Gasteiger partial charge in [0.1, 0.15) is 12.4 Å². The van der Waals surface area contributed by atoms with Gasteiger partial charge in [0, 0.05) is 0 Å². The Morgan fingerprint density at radius 3 is 2.71 bits per heavy atom. The lowest BCUT2D eigenvalue weighted by Gasteiger charge is -2.19. The SMILES string of the molecule is CC.O=C1c2ccccc2OCC1O. The Kier molecular flexibility index (Phi) is 3.65. The number of rotatable bonds is 0. The zero-order valence-corrected chi connectivity index (χ0v) is 8.36. The molecule has 1 aromatic carbocycles. The average Bonchev–Trinajstić information content (AvgIpc) is 2.27. The molecular formula is C11H14O3. The lowest BCUT2D eigenvalue weighted by Crippen LogP contribution is -2.32. The number of carbonyl (C=O) groups excluding carboxylic acids is 1. The van der Waals surface area contributed by atoms with Crippen LogP contribution in [0.3, 0.4) is 0 Å². The van der Waals surface area contributed by atoms with Gasteiger partial charge in [-0.25, -0.2) is 0 Å². The van der Waals surface area contributed by atoms with Crippen LogP contribution >= 0.6 is 0 Å². The lowest BCUT2D eigenvalue weighted by atomic mass is 10.0. The van der Waals surface area contributed by atoms with E-state index in [1.807, 2.05) is 13.8 Å². The maximum atomic E-state index is 11.3. The van der Waals surface area contributed by atoms with Crippen LogP contribution in [0.25, 0.3) is 0 Å². The highest BCUT2D eigenvalue weighted by molar-refractivity contribution is 6.02. The first kappa shape index (κ1) is 10.7. The Morgan fingerprint density at radius 2 is 2.00 bits per heavy atom. The van der Waals surface area contributed by atoms with Crippen LogP contribution in [0.5, 0.6) is 5.75 Å². The molecule has 0 saturated heterocycles. The van der Waals surface area contributed by atoms with Crippen LogP contribution in [0.15, 0.2) is 24.3 Å². The van der Waals surface area contributed by atoms with Crippen molar-refractivity contribution in [1.29, 1.82) is 0 Å². The highest BCUT2D eigenvalue weighted by Gasteiger charge is 2.25. The molecule has 1 unspecified atom stereocenters. The molecule has 0 bridgehead atoms. The molecule has 0 aromatic heterocycles. The van der Waals surface area contributed by atoms with E-state index in [0.29, 0.717) is 11.3 Å². The van der Waals surface area contributed by atoms with Gasteiger partial charge >= 0.3 is 0 Å². The second kappa shape index (κ2) is 4.77.